The summed E-state index contributed by atoms with van der Waals surface area (Å²) in [6.45, 7) is 0. The molecule has 0 radical (unpaired) electrons. The molecule has 144 valence electrons. The van der Waals surface area contributed by atoms with Gasteiger partial charge in [-0.1, -0.05) is 42.5 Å². The van der Waals surface area contributed by atoms with Crippen LogP contribution in [0.4, 0.5) is 11.5 Å². The van der Waals surface area contributed by atoms with E-state index in [1.54, 1.807) is 18.2 Å². The third-order valence-corrected chi connectivity index (χ3v) is 4.20. The van der Waals surface area contributed by atoms with Crippen LogP contribution in [0.25, 0.3) is 16.9 Å². The number of amides is 1. The number of hydrazine groups is 1. The number of anilines is 1. The predicted octanol–water partition coefficient (Wildman–Crippen LogP) is 2.41. The third-order valence-electron chi connectivity index (χ3n) is 4.20. The second-order valence-electron chi connectivity index (χ2n) is 6.09. The number of hydrogen-bond donors (Lipinski definition) is 2. The largest absolute Gasteiger partial charge is 0.355 e. The van der Waals surface area contributed by atoms with Crippen LogP contribution in [0.15, 0.2) is 67.3 Å². The van der Waals surface area contributed by atoms with Crippen LogP contribution in [-0.2, 0) is 11.2 Å². The van der Waals surface area contributed by atoms with Crippen LogP contribution in [-0.4, -0.2) is 30.3 Å². The molecule has 4 aromatic rings. The van der Waals surface area contributed by atoms with Crippen molar-refractivity contribution in [2.24, 2.45) is 0 Å². The van der Waals surface area contributed by atoms with Crippen molar-refractivity contribution >= 4 is 28.4 Å². The first-order chi connectivity index (χ1) is 14.1. The molecule has 0 saturated heterocycles. The summed E-state index contributed by atoms with van der Waals surface area (Å²) in [6, 6.07) is 16.3. The fourth-order valence-corrected chi connectivity index (χ4v) is 2.89. The number of carbonyl (C=O) groups is 1. The summed E-state index contributed by atoms with van der Waals surface area (Å²) in [5.74, 6) is -0.448. The molecule has 0 bridgehead atoms. The second kappa shape index (κ2) is 7.72. The van der Waals surface area contributed by atoms with Gasteiger partial charge in [0.15, 0.2) is 0 Å². The van der Waals surface area contributed by atoms with Gasteiger partial charge in [-0.15, -0.1) is 0 Å². The lowest BCUT2D eigenvalue weighted by atomic mass is 10.1. The lowest BCUT2D eigenvalue weighted by molar-refractivity contribution is -0.384. The molecule has 0 aliphatic rings. The number of nitrogens with zero attached hydrogens (tertiary/aromatic N) is 5. The van der Waals surface area contributed by atoms with Crippen molar-refractivity contribution in [3.63, 3.8) is 0 Å². The zero-order chi connectivity index (χ0) is 20.2. The molecule has 2 aromatic heterocycles. The Labute approximate surface area is 164 Å². The van der Waals surface area contributed by atoms with Crippen LogP contribution in [0.2, 0.25) is 0 Å². The zero-order valence-corrected chi connectivity index (χ0v) is 15.0. The number of carbonyl (C=O) groups excluding carboxylic acids is 1. The first kappa shape index (κ1) is 18.0. The van der Waals surface area contributed by atoms with Crippen LogP contribution in [0, 0.1) is 10.1 Å². The van der Waals surface area contributed by atoms with E-state index >= 15 is 0 Å². The van der Waals surface area contributed by atoms with E-state index in [9.17, 15) is 14.9 Å². The van der Waals surface area contributed by atoms with Gasteiger partial charge in [0.2, 0.25) is 17.5 Å². The molecule has 0 unspecified atom stereocenters. The Balaban J connectivity index is 1.62. The molecule has 0 aliphatic heterocycles. The lowest BCUT2D eigenvalue weighted by Gasteiger charge is -2.10. The molecule has 2 N–H and O–H groups in total. The Hall–Kier alpha value is -4.34. The number of rotatable bonds is 6. The quantitative estimate of drug-likeness (QED) is 0.383. The maximum Gasteiger partial charge on any atom is 0.355 e. The summed E-state index contributed by atoms with van der Waals surface area (Å²) in [5, 5.41) is 11.7. The lowest BCUT2D eigenvalue weighted by Crippen LogP contribution is -2.31. The van der Waals surface area contributed by atoms with Crippen molar-refractivity contribution in [1.29, 1.82) is 0 Å². The van der Waals surface area contributed by atoms with E-state index in [-0.39, 0.29) is 29.7 Å². The van der Waals surface area contributed by atoms with E-state index in [0.717, 1.165) is 5.56 Å². The number of nitro groups is 1. The summed E-state index contributed by atoms with van der Waals surface area (Å²) in [4.78, 5) is 35.5. The molecule has 2 aromatic carbocycles. The smallest absolute Gasteiger partial charge is 0.277 e. The maximum absolute atomic E-state index is 12.2. The summed E-state index contributed by atoms with van der Waals surface area (Å²) < 4.78 is 1.51. The van der Waals surface area contributed by atoms with Gasteiger partial charge in [0.05, 0.1) is 22.4 Å². The Morgan fingerprint density at radius 2 is 1.79 bits per heavy atom. The molecule has 10 nitrogen and oxygen atoms in total. The molecule has 4 rings (SSSR count). The molecule has 0 saturated carbocycles. The number of imidazole rings is 1. The number of nitrogens with one attached hydrogen (secondary N) is 2. The highest BCUT2D eigenvalue weighted by atomic mass is 16.6. The normalized spacial score (nSPS) is 10.6. The molecular formula is C19H15N7O3. The van der Waals surface area contributed by atoms with Crippen molar-refractivity contribution < 1.29 is 9.72 Å². The van der Waals surface area contributed by atoms with E-state index in [2.05, 4.69) is 25.8 Å². The number of hydrogen-bond acceptors (Lipinski definition) is 7. The van der Waals surface area contributed by atoms with Crippen LogP contribution < -0.4 is 10.9 Å². The minimum Gasteiger partial charge on any atom is -0.277 e. The van der Waals surface area contributed by atoms with Gasteiger partial charge >= 0.3 is 5.69 Å². The van der Waals surface area contributed by atoms with Gasteiger partial charge in [-0.2, -0.15) is 0 Å². The average molecular weight is 389 g/mol. The Morgan fingerprint density at radius 1 is 1.03 bits per heavy atom. The van der Waals surface area contributed by atoms with Gasteiger partial charge in [0.1, 0.15) is 12.7 Å². The minimum atomic E-state index is -0.601. The molecule has 29 heavy (non-hydrogen) atoms. The summed E-state index contributed by atoms with van der Waals surface area (Å²) in [6.07, 6.45) is 2.76. The van der Waals surface area contributed by atoms with Crippen molar-refractivity contribution in [3.05, 3.63) is 82.9 Å². The maximum atomic E-state index is 12.2. The van der Waals surface area contributed by atoms with E-state index in [1.165, 1.54) is 17.2 Å². The minimum absolute atomic E-state index is 0.0403. The third kappa shape index (κ3) is 3.72. The fourth-order valence-electron chi connectivity index (χ4n) is 2.89. The van der Waals surface area contributed by atoms with Crippen LogP contribution in [0.3, 0.4) is 0 Å². The highest BCUT2D eigenvalue weighted by Gasteiger charge is 2.25. The number of benzene rings is 2. The van der Waals surface area contributed by atoms with Gasteiger partial charge in [-0.3, -0.25) is 30.3 Å². The van der Waals surface area contributed by atoms with Gasteiger partial charge < -0.3 is 0 Å². The van der Waals surface area contributed by atoms with Gasteiger partial charge in [0.25, 0.3) is 0 Å². The molecule has 0 spiro atoms. The molecule has 0 aliphatic carbocycles. The number of para-hydroxylation sites is 2. The van der Waals surface area contributed by atoms with Crippen LogP contribution >= 0.6 is 0 Å². The van der Waals surface area contributed by atoms with Gasteiger partial charge in [0, 0.05) is 0 Å². The average Bonchev–Trinajstić information content (AvgIpc) is 3.16. The molecular weight excluding hydrogens is 374 g/mol. The fraction of sp³-hybridized carbons (Fsp3) is 0.0526. The first-order valence-electron chi connectivity index (χ1n) is 8.64. The van der Waals surface area contributed by atoms with Crippen molar-refractivity contribution in [1.82, 2.24) is 24.9 Å². The summed E-state index contributed by atoms with van der Waals surface area (Å²) >= 11 is 0. The van der Waals surface area contributed by atoms with Crippen molar-refractivity contribution in [2.75, 3.05) is 5.43 Å². The van der Waals surface area contributed by atoms with Gasteiger partial charge in [-0.05, 0) is 17.7 Å². The molecule has 0 fully saturated rings. The highest BCUT2D eigenvalue weighted by Crippen LogP contribution is 2.29. The Kier molecular flexibility index (Phi) is 4.81. The first-order valence-corrected chi connectivity index (χ1v) is 8.64. The molecule has 1 amide bonds. The number of aromatic nitrogens is 4. The van der Waals surface area contributed by atoms with Crippen LogP contribution in [0.1, 0.15) is 5.56 Å². The second-order valence-corrected chi connectivity index (χ2v) is 6.09. The molecule has 0 atom stereocenters. The predicted molar refractivity (Wildman–Crippen MR) is 105 cm³/mol. The molecule has 2 heterocycles. The Bertz CT molecular complexity index is 1190. The monoisotopic (exact) mass is 389 g/mol. The molecule has 10 heteroatoms. The van der Waals surface area contributed by atoms with Gasteiger partial charge in [-0.25, -0.2) is 15.0 Å². The number of fused-ring (bicyclic) bond motifs is 1. The van der Waals surface area contributed by atoms with E-state index < -0.39 is 4.92 Å². The Morgan fingerprint density at radius 3 is 2.59 bits per heavy atom. The SMILES string of the molecule is O=C(Cc1ccccc1)NNc1ncnc(-n2cnc3ccccc32)c1[N+](=O)[O-]. The standard InChI is InChI=1S/C19H15N7O3/c27-16(10-13-6-2-1-3-7-13)23-24-18-17(26(28)29)19(21-11-20-18)25-12-22-14-8-4-5-9-15(14)25/h1-9,11-12H,10H2,(H,23,27)(H,20,21,24). The van der Waals surface area contributed by atoms with E-state index in [0.29, 0.717) is 11.0 Å². The topological polar surface area (TPSA) is 128 Å². The van der Waals surface area contributed by atoms with E-state index in [4.69, 9.17) is 0 Å². The van der Waals surface area contributed by atoms with Crippen molar-refractivity contribution in [3.8, 4) is 5.82 Å². The summed E-state index contributed by atoms with van der Waals surface area (Å²) in [7, 11) is 0. The highest BCUT2D eigenvalue weighted by molar-refractivity contribution is 5.81. The zero-order valence-electron chi connectivity index (χ0n) is 15.0. The van der Waals surface area contributed by atoms with E-state index in [1.807, 2.05) is 36.4 Å². The summed E-state index contributed by atoms with van der Waals surface area (Å²) in [5.41, 5.74) is 6.75. The van der Waals surface area contributed by atoms with Crippen molar-refractivity contribution in [2.45, 2.75) is 6.42 Å². The van der Waals surface area contributed by atoms with Crippen LogP contribution in [0.5, 0.6) is 0 Å².